The number of nitrogens with one attached hydrogen (secondary N) is 1. The molecule has 1 N–H and O–H groups in total. The first kappa shape index (κ1) is 14.3. The SMILES string of the molecule is CCN(c1cccc(C)c1)S(=O)(=O)c1c[nH]ccc1=O. The number of aromatic nitrogens is 1. The molecule has 5 nitrogen and oxygen atoms in total. The maximum Gasteiger partial charge on any atom is 0.269 e. The summed E-state index contributed by atoms with van der Waals surface area (Å²) in [4.78, 5) is 14.2. The van der Waals surface area contributed by atoms with E-state index in [4.69, 9.17) is 0 Å². The Kier molecular flexibility index (Phi) is 3.94. The lowest BCUT2D eigenvalue weighted by Gasteiger charge is -2.22. The Balaban J connectivity index is 2.57. The molecule has 6 heteroatoms. The minimum Gasteiger partial charge on any atom is -0.366 e. The lowest BCUT2D eigenvalue weighted by molar-refractivity contribution is 0.590. The van der Waals surface area contributed by atoms with E-state index in [9.17, 15) is 13.2 Å². The molecule has 0 radical (unpaired) electrons. The van der Waals surface area contributed by atoms with Gasteiger partial charge in [0.05, 0.1) is 5.69 Å². The number of nitrogens with zero attached hydrogens (tertiary/aromatic N) is 1. The molecule has 0 bridgehead atoms. The number of hydrogen-bond donors (Lipinski definition) is 1. The summed E-state index contributed by atoms with van der Waals surface area (Å²) in [6.45, 7) is 3.87. The summed E-state index contributed by atoms with van der Waals surface area (Å²) in [5.74, 6) is 0. The van der Waals surface area contributed by atoms with E-state index >= 15 is 0 Å². The fourth-order valence-corrected chi connectivity index (χ4v) is 3.50. The fraction of sp³-hybridized carbons (Fsp3) is 0.214. The quantitative estimate of drug-likeness (QED) is 0.935. The first-order valence-corrected chi connectivity index (χ1v) is 7.67. The highest BCUT2D eigenvalue weighted by atomic mass is 32.2. The van der Waals surface area contributed by atoms with Crippen LogP contribution < -0.4 is 9.73 Å². The summed E-state index contributed by atoms with van der Waals surface area (Å²) in [6, 6.07) is 8.37. The Hall–Kier alpha value is -2.08. The van der Waals surface area contributed by atoms with Crippen LogP contribution in [0.2, 0.25) is 0 Å². The third kappa shape index (κ3) is 2.60. The molecule has 0 aliphatic rings. The zero-order valence-corrected chi connectivity index (χ0v) is 12.1. The molecule has 0 amide bonds. The van der Waals surface area contributed by atoms with Crippen LogP contribution in [0.5, 0.6) is 0 Å². The second kappa shape index (κ2) is 5.50. The topological polar surface area (TPSA) is 70.2 Å². The van der Waals surface area contributed by atoms with Crippen LogP contribution in [0.1, 0.15) is 12.5 Å². The second-order valence-corrected chi connectivity index (χ2v) is 6.21. The molecule has 0 atom stereocenters. The molecule has 0 unspecified atom stereocenters. The first-order chi connectivity index (χ1) is 9.46. The third-order valence-corrected chi connectivity index (χ3v) is 4.86. The third-order valence-electron chi connectivity index (χ3n) is 2.93. The molecule has 20 heavy (non-hydrogen) atoms. The summed E-state index contributed by atoms with van der Waals surface area (Å²) in [5.41, 5.74) is 0.990. The van der Waals surface area contributed by atoms with E-state index in [-0.39, 0.29) is 11.4 Å². The number of pyridine rings is 1. The number of hydrogen-bond acceptors (Lipinski definition) is 3. The van der Waals surface area contributed by atoms with Gasteiger partial charge < -0.3 is 4.98 Å². The van der Waals surface area contributed by atoms with Gasteiger partial charge in [-0.25, -0.2) is 8.42 Å². The molecule has 1 aromatic carbocycles. The lowest BCUT2D eigenvalue weighted by atomic mass is 10.2. The molecule has 106 valence electrons. The molecule has 1 aromatic heterocycles. The Bertz CT molecular complexity index is 766. The molecule has 0 saturated carbocycles. The van der Waals surface area contributed by atoms with Crippen molar-refractivity contribution in [2.24, 2.45) is 0 Å². The Morgan fingerprint density at radius 1 is 1.25 bits per heavy atom. The highest BCUT2D eigenvalue weighted by molar-refractivity contribution is 7.92. The van der Waals surface area contributed by atoms with Gasteiger partial charge in [-0.1, -0.05) is 12.1 Å². The van der Waals surface area contributed by atoms with Gasteiger partial charge in [-0.2, -0.15) is 0 Å². The monoisotopic (exact) mass is 292 g/mol. The van der Waals surface area contributed by atoms with Crippen molar-refractivity contribution < 1.29 is 8.42 Å². The van der Waals surface area contributed by atoms with Crippen LogP contribution in [0.15, 0.2) is 52.4 Å². The van der Waals surface area contributed by atoms with Gasteiger partial charge >= 0.3 is 0 Å². The van der Waals surface area contributed by atoms with Crippen molar-refractivity contribution in [3.05, 3.63) is 58.5 Å². The van der Waals surface area contributed by atoms with Crippen molar-refractivity contribution in [2.45, 2.75) is 18.7 Å². The van der Waals surface area contributed by atoms with Crippen molar-refractivity contribution in [1.29, 1.82) is 0 Å². The van der Waals surface area contributed by atoms with Gasteiger partial charge in [-0.3, -0.25) is 9.10 Å². The van der Waals surface area contributed by atoms with Gasteiger partial charge in [-0.15, -0.1) is 0 Å². The predicted molar refractivity (Wildman–Crippen MR) is 78.4 cm³/mol. The van der Waals surface area contributed by atoms with Crippen molar-refractivity contribution in [3.63, 3.8) is 0 Å². The van der Waals surface area contributed by atoms with Crippen LogP contribution in [0.4, 0.5) is 5.69 Å². The molecule has 0 fully saturated rings. The molecule has 0 aliphatic heterocycles. The van der Waals surface area contributed by atoms with Gasteiger partial charge in [0, 0.05) is 25.0 Å². The number of rotatable bonds is 4. The molecular formula is C14H16N2O3S. The number of aromatic amines is 1. The van der Waals surface area contributed by atoms with Crippen LogP contribution in [-0.2, 0) is 10.0 Å². The van der Waals surface area contributed by atoms with E-state index in [2.05, 4.69) is 4.98 Å². The Labute approximate surface area is 117 Å². The van der Waals surface area contributed by atoms with Gasteiger partial charge in [0.1, 0.15) is 0 Å². The van der Waals surface area contributed by atoms with E-state index in [1.165, 1.54) is 22.8 Å². The zero-order valence-electron chi connectivity index (χ0n) is 11.3. The summed E-state index contributed by atoms with van der Waals surface area (Å²) in [6.07, 6.45) is 2.63. The summed E-state index contributed by atoms with van der Waals surface area (Å²) >= 11 is 0. The van der Waals surface area contributed by atoms with Crippen LogP contribution in [0.25, 0.3) is 0 Å². The normalized spacial score (nSPS) is 11.3. The van der Waals surface area contributed by atoms with E-state index < -0.39 is 15.5 Å². The number of aryl methyl sites for hydroxylation is 1. The molecule has 0 aliphatic carbocycles. The van der Waals surface area contributed by atoms with Crippen molar-refractivity contribution in [1.82, 2.24) is 4.98 Å². The van der Waals surface area contributed by atoms with Crippen LogP contribution in [-0.4, -0.2) is 19.9 Å². The standard InChI is InChI=1S/C14H16N2O3S/c1-3-16(12-6-4-5-11(2)9-12)20(18,19)14-10-15-8-7-13(14)17/h4-10H,3H2,1-2H3,(H,15,17). The summed E-state index contributed by atoms with van der Waals surface area (Å²) in [7, 11) is -3.86. The summed E-state index contributed by atoms with van der Waals surface area (Å²) < 4.78 is 26.4. The number of benzene rings is 1. The molecule has 1 heterocycles. The fourth-order valence-electron chi connectivity index (χ4n) is 2.00. The van der Waals surface area contributed by atoms with Gasteiger partial charge in [0.15, 0.2) is 4.90 Å². The van der Waals surface area contributed by atoms with E-state index in [1.54, 1.807) is 25.1 Å². The zero-order chi connectivity index (χ0) is 14.8. The van der Waals surface area contributed by atoms with Crippen molar-refractivity contribution in [2.75, 3.05) is 10.8 Å². The summed E-state index contributed by atoms with van der Waals surface area (Å²) in [5, 5.41) is 0. The van der Waals surface area contributed by atoms with Crippen molar-refractivity contribution >= 4 is 15.7 Å². The maximum atomic E-state index is 12.6. The van der Waals surface area contributed by atoms with Crippen LogP contribution in [0, 0.1) is 6.92 Å². The minimum absolute atomic E-state index is 0.247. The Morgan fingerprint density at radius 3 is 2.60 bits per heavy atom. The number of H-pyrrole nitrogens is 1. The maximum absolute atomic E-state index is 12.6. The molecule has 0 saturated heterocycles. The molecule has 2 rings (SSSR count). The highest BCUT2D eigenvalue weighted by Gasteiger charge is 2.26. The average molecular weight is 292 g/mol. The minimum atomic E-state index is -3.86. The van der Waals surface area contributed by atoms with Crippen LogP contribution in [0.3, 0.4) is 0 Å². The first-order valence-electron chi connectivity index (χ1n) is 6.23. The Morgan fingerprint density at radius 2 is 2.00 bits per heavy atom. The van der Waals surface area contributed by atoms with E-state index in [0.717, 1.165) is 5.56 Å². The number of anilines is 1. The molecule has 2 aromatic rings. The largest absolute Gasteiger partial charge is 0.366 e. The molecular weight excluding hydrogens is 276 g/mol. The smallest absolute Gasteiger partial charge is 0.269 e. The second-order valence-electron chi connectivity index (χ2n) is 4.38. The highest BCUT2D eigenvalue weighted by Crippen LogP contribution is 2.22. The average Bonchev–Trinajstić information content (AvgIpc) is 2.39. The van der Waals surface area contributed by atoms with Gasteiger partial charge in [0.2, 0.25) is 5.43 Å². The number of sulfonamides is 1. The van der Waals surface area contributed by atoms with Gasteiger partial charge in [0.25, 0.3) is 10.0 Å². The van der Waals surface area contributed by atoms with E-state index in [0.29, 0.717) is 5.69 Å². The predicted octanol–water partition coefficient (Wildman–Crippen LogP) is 1.90. The van der Waals surface area contributed by atoms with Gasteiger partial charge in [-0.05, 0) is 31.5 Å². The van der Waals surface area contributed by atoms with Crippen LogP contribution >= 0.6 is 0 Å². The lowest BCUT2D eigenvalue weighted by Crippen LogP contribution is -2.33. The molecule has 0 spiro atoms. The van der Waals surface area contributed by atoms with Crippen molar-refractivity contribution in [3.8, 4) is 0 Å². The van der Waals surface area contributed by atoms with E-state index in [1.807, 2.05) is 13.0 Å².